The summed E-state index contributed by atoms with van der Waals surface area (Å²) in [5.41, 5.74) is 1.22. The first-order chi connectivity index (χ1) is 10.2. The lowest BCUT2D eigenvalue weighted by Crippen LogP contribution is -2.31. The Bertz CT molecular complexity index is 607. The highest BCUT2D eigenvalue weighted by Crippen LogP contribution is 2.25. The Kier molecular flexibility index (Phi) is 5.32. The predicted molar refractivity (Wildman–Crippen MR) is 77.6 cm³/mol. The largest absolute Gasteiger partial charge is 0.475 e. The number of nitrogens with one attached hydrogen (secondary N) is 1. The number of hydrogen-bond acceptors (Lipinski definition) is 5. The van der Waals surface area contributed by atoms with Crippen molar-refractivity contribution in [1.82, 2.24) is 5.32 Å². The van der Waals surface area contributed by atoms with Crippen molar-refractivity contribution in [3.63, 3.8) is 0 Å². The van der Waals surface area contributed by atoms with Crippen LogP contribution in [0.25, 0.3) is 11.0 Å². The average molecular weight is 293 g/mol. The first-order valence-electron chi connectivity index (χ1n) is 6.63. The number of methoxy groups -OCH3 is 2. The molecule has 0 aliphatic heterocycles. The second-order valence-corrected chi connectivity index (χ2v) is 4.66. The van der Waals surface area contributed by atoms with E-state index in [1.807, 2.05) is 18.2 Å². The lowest BCUT2D eigenvalue weighted by atomic mass is 10.1. The highest BCUT2D eigenvalue weighted by Gasteiger charge is 2.19. The third kappa shape index (κ3) is 3.60. The molecular weight excluding hydrogens is 274 g/mol. The molecule has 1 unspecified atom stereocenters. The molecule has 1 atom stereocenters. The van der Waals surface area contributed by atoms with Gasteiger partial charge >= 0.3 is 5.97 Å². The number of rotatable bonds is 8. The van der Waals surface area contributed by atoms with Gasteiger partial charge in [0.25, 0.3) is 0 Å². The van der Waals surface area contributed by atoms with Crippen LogP contribution in [0.1, 0.15) is 16.1 Å². The summed E-state index contributed by atoms with van der Waals surface area (Å²) in [4.78, 5) is 11.3. The van der Waals surface area contributed by atoms with E-state index in [4.69, 9.17) is 13.9 Å². The minimum absolute atomic E-state index is 0.0237. The van der Waals surface area contributed by atoms with E-state index in [0.29, 0.717) is 30.8 Å². The molecule has 0 radical (unpaired) electrons. The summed E-state index contributed by atoms with van der Waals surface area (Å²) >= 11 is 0. The average Bonchev–Trinajstić information content (AvgIpc) is 2.85. The molecule has 0 spiro atoms. The highest BCUT2D eigenvalue weighted by molar-refractivity contribution is 5.95. The lowest BCUT2D eigenvalue weighted by Gasteiger charge is -2.14. The molecule has 114 valence electrons. The summed E-state index contributed by atoms with van der Waals surface area (Å²) in [6.45, 7) is 1.42. The third-order valence-corrected chi connectivity index (χ3v) is 3.25. The topological polar surface area (TPSA) is 80.9 Å². The Labute approximate surface area is 122 Å². The molecule has 0 fully saturated rings. The number of furan rings is 1. The first-order valence-corrected chi connectivity index (χ1v) is 6.63. The molecule has 0 amide bonds. The van der Waals surface area contributed by atoms with Crippen LogP contribution in [-0.4, -0.2) is 44.6 Å². The van der Waals surface area contributed by atoms with Gasteiger partial charge in [-0.05, 0) is 6.07 Å². The zero-order valence-corrected chi connectivity index (χ0v) is 12.1. The van der Waals surface area contributed by atoms with Crippen LogP contribution < -0.4 is 5.32 Å². The molecule has 0 saturated heterocycles. The number of benzene rings is 1. The smallest absolute Gasteiger partial charge is 0.372 e. The fourth-order valence-corrected chi connectivity index (χ4v) is 2.20. The maximum Gasteiger partial charge on any atom is 0.372 e. The van der Waals surface area contributed by atoms with E-state index >= 15 is 0 Å². The van der Waals surface area contributed by atoms with Gasteiger partial charge in [-0.3, -0.25) is 0 Å². The van der Waals surface area contributed by atoms with Crippen LogP contribution >= 0.6 is 0 Å². The van der Waals surface area contributed by atoms with Gasteiger partial charge in [0.05, 0.1) is 12.7 Å². The van der Waals surface area contributed by atoms with Crippen molar-refractivity contribution in [2.45, 2.75) is 12.6 Å². The van der Waals surface area contributed by atoms with E-state index in [1.165, 1.54) is 0 Å². The summed E-state index contributed by atoms with van der Waals surface area (Å²) in [5, 5.41) is 13.2. The minimum atomic E-state index is -1.07. The molecule has 6 heteroatoms. The van der Waals surface area contributed by atoms with Gasteiger partial charge in [-0.15, -0.1) is 0 Å². The summed E-state index contributed by atoms with van der Waals surface area (Å²) in [6.07, 6.45) is -0.0820. The zero-order chi connectivity index (χ0) is 15.2. The second kappa shape index (κ2) is 7.21. The Morgan fingerprint density at radius 1 is 1.38 bits per heavy atom. The molecule has 6 nitrogen and oxygen atoms in total. The Hall–Kier alpha value is -1.89. The van der Waals surface area contributed by atoms with Crippen LogP contribution in [0.4, 0.5) is 0 Å². The molecular formula is C15H19NO5. The summed E-state index contributed by atoms with van der Waals surface area (Å²) < 4.78 is 15.7. The molecule has 2 aromatic rings. The molecule has 0 saturated carbocycles. The molecule has 2 N–H and O–H groups in total. The number of ether oxygens (including phenoxy) is 2. The fourth-order valence-electron chi connectivity index (χ4n) is 2.20. The molecule has 1 aromatic heterocycles. The number of carbonyl (C=O) groups is 1. The van der Waals surface area contributed by atoms with Crippen LogP contribution in [-0.2, 0) is 16.0 Å². The van der Waals surface area contributed by atoms with E-state index in [9.17, 15) is 9.90 Å². The Morgan fingerprint density at radius 2 is 2.14 bits per heavy atom. The highest BCUT2D eigenvalue weighted by atomic mass is 16.5. The van der Waals surface area contributed by atoms with E-state index in [1.54, 1.807) is 20.3 Å². The van der Waals surface area contributed by atoms with E-state index < -0.39 is 5.97 Å². The maximum atomic E-state index is 11.3. The van der Waals surface area contributed by atoms with Crippen molar-refractivity contribution in [3.8, 4) is 0 Å². The quantitative estimate of drug-likeness (QED) is 0.773. The van der Waals surface area contributed by atoms with Crippen molar-refractivity contribution < 1.29 is 23.8 Å². The third-order valence-electron chi connectivity index (χ3n) is 3.25. The van der Waals surface area contributed by atoms with Crippen LogP contribution in [0, 0.1) is 0 Å². The van der Waals surface area contributed by atoms with E-state index in [0.717, 1.165) is 5.39 Å². The number of fused-ring (bicyclic) bond motifs is 1. The molecule has 0 bridgehead atoms. The van der Waals surface area contributed by atoms with Crippen molar-refractivity contribution in [3.05, 3.63) is 35.6 Å². The lowest BCUT2D eigenvalue weighted by molar-refractivity contribution is 0.0287. The Balaban J connectivity index is 2.13. The zero-order valence-electron chi connectivity index (χ0n) is 12.1. The SMILES string of the molecule is COCC(CNCc1c(C(=O)O)oc2ccccc12)OC. The summed E-state index contributed by atoms with van der Waals surface area (Å²) in [6, 6.07) is 7.28. The fraction of sp³-hybridized carbons (Fsp3) is 0.400. The standard InChI is InChI=1S/C15H19NO5/c1-19-9-10(20-2)7-16-8-12-11-5-3-4-6-13(11)21-14(12)15(17)18/h3-6,10,16H,7-9H2,1-2H3,(H,17,18). The molecule has 1 heterocycles. The van der Waals surface area contributed by atoms with Crippen LogP contribution in [0.5, 0.6) is 0 Å². The monoisotopic (exact) mass is 293 g/mol. The second-order valence-electron chi connectivity index (χ2n) is 4.66. The predicted octanol–water partition coefficient (Wildman–Crippen LogP) is 1.88. The van der Waals surface area contributed by atoms with Crippen LogP contribution in [0.15, 0.2) is 28.7 Å². The van der Waals surface area contributed by atoms with E-state index in [2.05, 4.69) is 5.32 Å². The first kappa shape index (κ1) is 15.5. The maximum absolute atomic E-state index is 11.3. The van der Waals surface area contributed by atoms with Crippen molar-refractivity contribution >= 4 is 16.9 Å². The molecule has 21 heavy (non-hydrogen) atoms. The van der Waals surface area contributed by atoms with Gasteiger partial charge < -0.3 is 24.3 Å². The van der Waals surface area contributed by atoms with E-state index in [-0.39, 0.29) is 11.9 Å². The van der Waals surface area contributed by atoms with Gasteiger partial charge in [-0.2, -0.15) is 0 Å². The Morgan fingerprint density at radius 3 is 2.81 bits per heavy atom. The van der Waals surface area contributed by atoms with Crippen LogP contribution in [0.2, 0.25) is 0 Å². The normalized spacial score (nSPS) is 12.7. The number of para-hydroxylation sites is 1. The number of carboxylic acids is 1. The van der Waals surface area contributed by atoms with Gasteiger partial charge in [0.1, 0.15) is 5.58 Å². The summed E-state index contributed by atoms with van der Waals surface area (Å²) in [5.74, 6) is -1.09. The molecule has 1 aromatic carbocycles. The van der Waals surface area contributed by atoms with Gasteiger partial charge in [0, 0.05) is 38.3 Å². The van der Waals surface area contributed by atoms with Crippen LogP contribution in [0.3, 0.4) is 0 Å². The van der Waals surface area contributed by atoms with Crippen molar-refractivity contribution in [2.24, 2.45) is 0 Å². The molecule has 0 aliphatic rings. The van der Waals surface area contributed by atoms with Gasteiger partial charge in [0.2, 0.25) is 5.76 Å². The van der Waals surface area contributed by atoms with Gasteiger partial charge in [0.15, 0.2) is 0 Å². The minimum Gasteiger partial charge on any atom is -0.475 e. The number of aromatic carboxylic acids is 1. The van der Waals surface area contributed by atoms with Crippen molar-refractivity contribution in [1.29, 1.82) is 0 Å². The summed E-state index contributed by atoms with van der Waals surface area (Å²) in [7, 11) is 3.22. The number of carboxylic acid groups (broad SMARTS) is 1. The molecule has 0 aliphatic carbocycles. The van der Waals surface area contributed by atoms with Gasteiger partial charge in [-0.1, -0.05) is 18.2 Å². The molecule has 2 rings (SSSR count). The number of hydrogen-bond donors (Lipinski definition) is 2. The van der Waals surface area contributed by atoms with Gasteiger partial charge in [-0.25, -0.2) is 4.79 Å². The van der Waals surface area contributed by atoms with Crippen molar-refractivity contribution in [2.75, 3.05) is 27.4 Å².